The normalized spacial score (nSPS) is 18.7. The zero-order valence-corrected chi connectivity index (χ0v) is 16.7. The first-order chi connectivity index (χ1) is 13.5. The highest BCUT2D eigenvalue weighted by Crippen LogP contribution is 2.39. The molecular formula is C24H27NO3. The lowest BCUT2D eigenvalue weighted by Gasteiger charge is -2.25. The fourth-order valence-electron chi connectivity index (χ4n) is 3.67. The van der Waals surface area contributed by atoms with Gasteiger partial charge in [0.2, 0.25) is 0 Å². The van der Waals surface area contributed by atoms with Crippen LogP contribution in [0.5, 0.6) is 0 Å². The molecule has 1 amide bonds. The number of ketones is 1. The van der Waals surface area contributed by atoms with Gasteiger partial charge in [-0.05, 0) is 43.0 Å². The van der Waals surface area contributed by atoms with Gasteiger partial charge in [0.1, 0.15) is 5.76 Å². The number of nitrogens with zero attached hydrogens (tertiary/aromatic N) is 1. The number of Topliss-reactive ketones (excluding diaryl/α,β-unsaturated/α-hetero) is 1. The molecular weight excluding hydrogens is 350 g/mol. The number of likely N-dealkylation sites (tertiary alicyclic amines) is 1. The van der Waals surface area contributed by atoms with Crippen molar-refractivity contribution >= 4 is 17.4 Å². The summed E-state index contributed by atoms with van der Waals surface area (Å²) in [6.45, 7) is 6.56. The van der Waals surface area contributed by atoms with Crippen LogP contribution in [0.2, 0.25) is 0 Å². The molecule has 1 fully saturated rings. The zero-order valence-electron chi connectivity index (χ0n) is 16.7. The average molecular weight is 377 g/mol. The van der Waals surface area contributed by atoms with Gasteiger partial charge in [-0.1, -0.05) is 62.2 Å². The number of rotatable bonds is 6. The first kappa shape index (κ1) is 19.9. The Morgan fingerprint density at radius 2 is 1.71 bits per heavy atom. The number of aliphatic hydroxyl groups excluding tert-OH is 1. The van der Waals surface area contributed by atoms with E-state index in [0.29, 0.717) is 12.1 Å². The molecule has 28 heavy (non-hydrogen) atoms. The molecule has 1 N–H and O–H groups in total. The van der Waals surface area contributed by atoms with E-state index in [0.717, 1.165) is 36.0 Å². The summed E-state index contributed by atoms with van der Waals surface area (Å²) >= 11 is 0. The van der Waals surface area contributed by atoms with Crippen molar-refractivity contribution in [1.29, 1.82) is 0 Å². The van der Waals surface area contributed by atoms with E-state index in [1.807, 2.05) is 56.3 Å². The van der Waals surface area contributed by atoms with E-state index in [4.69, 9.17) is 0 Å². The summed E-state index contributed by atoms with van der Waals surface area (Å²) in [6.07, 6.45) is 2.85. The van der Waals surface area contributed by atoms with Gasteiger partial charge in [0, 0.05) is 12.1 Å². The molecule has 1 unspecified atom stereocenters. The van der Waals surface area contributed by atoms with Crippen molar-refractivity contribution in [3.8, 4) is 0 Å². The van der Waals surface area contributed by atoms with Gasteiger partial charge < -0.3 is 10.0 Å². The van der Waals surface area contributed by atoms with Crippen molar-refractivity contribution in [2.24, 2.45) is 0 Å². The Hall–Kier alpha value is -2.88. The molecule has 2 aromatic rings. The van der Waals surface area contributed by atoms with E-state index >= 15 is 0 Å². The predicted octanol–water partition coefficient (Wildman–Crippen LogP) is 4.92. The van der Waals surface area contributed by atoms with Crippen LogP contribution in [0.1, 0.15) is 54.5 Å². The average Bonchev–Trinajstić information content (AvgIpc) is 2.95. The fraction of sp³-hybridized carbons (Fsp3) is 0.333. The van der Waals surface area contributed by atoms with Crippen LogP contribution in [0.3, 0.4) is 0 Å². The Morgan fingerprint density at radius 1 is 1.00 bits per heavy atom. The molecule has 0 aliphatic carbocycles. The molecule has 4 nitrogen and oxygen atoms in total. The predicted molar refractivity (Wildman–Crippen MR) is 111 cm³/mol. The Morgan fingerprint density at radius 3 is 2.36 bits per heavy atom. The highest BCUT2D eigenvalue weighted by Gasteiger charge is 2.45. The summed E-state index contributed by atoms with van der Waals surface area (Å²) in [7, 11) is 0. The van der Waals surface area contributed by atoms with Crippen LogP contribution in [0.4, 0.5) is 0 Å². The smallest absolute Gasteiger partial charge is 0.295 e. The molecule has 1 saturated heterocycles. The van der Waals surface area contributed by atoms with Gasteiger partial charge in [0.25, 0.3) is 11.7 Å². The molecule has 0 bridgehead atoms. The van der Waals surface area contributed by atoms with Crippen molar-refractivity contribution in [2.45, 2.75) is 46.1 Å². The summed E-state index contributed by atoms with van der Waals surface area (Å²) in [5, 5.41) is 11.0. The van der Waals surface area contributed by atoms with Gasteiger partial charge >= 0.3 is 0 Å². The lowest BCUT2D eigenvalue weighted by atomic mass is 9.94. The number of carbonyl (C=O) groups excluding carboxylic acids is 2. The second-order valence-corrected chi connectivity index (χ2v) is 7.41. The molecule has 1 aliphatic heterocycles. The molecule has 146 valence electrons. The Bertz CT molecular complexity index is 915. The highest BCUT2D eigenvalue weighted by molar-refractivity contribution is 6.46. The number of unbranched alkanes of at least 4 members (excludes halogenated alkanes) is 2. The second-order valence-electron chi connectivity index (χ2n) is 7.41. The molecule has 0 radical (unpaired) electrons. The Balaban J connectivity index is 2.12. The zero-order chi connectivity index (χ0) is 20.3. The molecule has 1 atom stereocenters. The van der Waals surface area contributed by atoms with E-state index in [-0.39, 0.29) is 11.3 Å². The molecule has 0 saturated carbocycles. The summed E-state index contributed by atoms with van der Waals surface area (Å²) < 4.78 is 0. The van der Waals surface area contributed by atoms with E-state index in [1.54, 1.807) is 11.0 Å². The van der Waals surface area contributed by atoms with Crippen LogP contribution in [-0.4, -0.2) is 28.2 Å². The molecule has 0 spiro atoms. The van der Waals surface area contributed by atoms with E-state index in [9.17, 15) is 14.7 Å². The molecule has 4 heteroatoms. The number of benzene rings is 2. The van der Waals surface area contributed by atoms with E-state index < -0.39 is 17.7 Å². The second kappa shape index (κ2) is 8.42. The van der Waals surface area contributed by atoms with Crippen molar-refractivity contribution < 1.29 is 14.7 Å². The highest BCUT2D eigenvalue weighted by atomic mass is 16.3. The maximum absolute atomic E-state index is 12.9. The topological polar surface area (TPSA) is 57.6 Å². The molecule has 0 aromatic heterocycles. The van der Waals surface area contributed by atoms with Crippen LogP contribution in [0.15, 0.2) is 54.1 Å². The third-order valence-corrected chi connectivity index (χ3v) is 5.44. The van der Waals surface area contributed by atoms with Gasteiger partial charge in [-0.2, -0.15) is 0 Å². The minimum Gasteiger partial charge on any atom is -0.507 e. The van der Waals surface area contributed by atoms with Gasteiger partial charge in [0.15, 0.2) is 0 Å². The third kappa shape index (κ3) is 3.72. The quantitative estimate of drug-likeness (QED) is 0.337. The Kier molecular flexibility index (Phi) is 5.98. The summed E-state index contributed by atoms with van der Waals surface area (Å²) in [5.41, 5.74) is 3.71. The number of hydrogen-bond acceptors (Lipinski definition) is 3. The number of aryl methyl sites for hydroxylation is 2. The Labute approximate surface area is 166 Å². The van der Waals surface area contributed by atoms with Crippen LogP contribution in [0.25, 0.3) is 5.76 Å². The maximum atomic E-state index is 12.9. The monoisotopic (exact) mass is 377 g/mol. The van der Waals surface area contributed by atoms with E-state index in [2.05, 4.69) is 6.92 Å². The van der Waals surface area contributed by atoms with Crippen LogP contribution < -0.4 is 0 Å². The largest absolute Gasteiger partial charge is 0.507 e. The lowest BCUT2D eigenvalue weighted by Crippen LogP contribution is -2.30. The van der Waals surface area contributed by atoms with Crippen molar-refractivity contribution in [1.82, 2.24) is 4.90 Å². The third-order valence-electron chi connectivity index (χ3n) is 5.44. The lowest BCUT2D eigenvalue weighted by molar-refractivity contribution is -0.139. The number of hydrogen-bond donors (Lipinski definition) is 1. The minimum absolute atomic E-state index is 0.103. The molecule has 1 heterocycles. The summed E-state index contributed by atoms with van der Waals surface area (Å²) in [5.74, 6) is -1.25. The molecule has 1 aliphatic rings. The van der Waals surface area contributed by atoms with Crippen LogP contribution in [0, 0.1) is 13.8 Å². The number of carbonyl (C=O) groups is 2. The standard InChI is InChI=1S/C24H27NO3/c1-4-5-9-14-25-21(18-10-7-6-8-11-18)20(23(27)24(25)28)22(26)19-13-12-16(2)17(3)15-19/h6-8,10-13,15,21,26H,4-5,9,14H2,1-3H3/b22-20-. The van der Waals surface area contributed by atoms with Gasteiger partial charge in [0.05, 0.1) is 11.6 Å². The first-order valence-corrected chi connectivity index (χ1v) is 9.86. The fourth-order valence-corrected chi connectivity index (χ4v) is 3.67. The maximum Gasteiger partial charge on any atom is 0.295 e. The first-order valence-electron chi connectivity index (χ1n) is 9.86. The van der Waals surface area contributed by atoms with Crippen LogP contribution in [-0.2, 0) is 9.59 Å². The van der Waals surface area contributed by atoms with E-state index in [1.165, 1.54) is 0 Å². The van der Waals surface area contributed by atoms with Gasteiger partial charge in [-0.15, -0.1) is 0 Å². The van der Waals surface area contributed by atoms with Gasteiger partial charge in [-0.25, -0.2) is 0 Å². The number of aliphatic hydroxyl groups is 1. The SMILES string of the molecule is CCCCCN1C(=O)C(=O)/C(=C(\O)c2ccc(C)c(C)c2)C1c1ccccc1. The molecule has 2 aromatic carbocycles. The summed E-state index contributed by atoms with van der Waals surface area (Å²) in [4.78, 5) is 27.3. The van der Waals surface area contributed by atoms with Crippen molar-refractivity contribution in [2.75, 3.05) is 6.54 Å². The van der Waals surface area contributed by atoms with Gasteiger partial charge in [-0.3, -0.25) is 9.59 Å². The minimum atomic E-state index is -0.610. The van der Waals surface area contributed by atoms with Crippen molar-refractivity contribution in [3.63, 3.8) is 0 Å². The van der Waals surface area contributed by atoms with Crippen molar-refractivity contribution in [3.05, 3.63) is 76.4 Å². The molecule has 3 rings (SSSR count). The number of amides is 1. The van der Waals surface area contributed by atoms with Crippen LogP contribution >= 0.6 is 0 Å². The summed E-state index contributed by atoms with van der Waals surface area (Å²) in [6, 6.07) is 14.5.